The number of rotatable bonds is 1. The smallest absolute Gasteiger partial charge is 0.166 e. The van der Waals surface area contributed by atoms with Gasteiger partial charge in [-0.15, -0.1) is 0 Å². The van der Waals surface area contributed by atoms with Gasteiger partial charge in [0.15, 0.2) is 0 Å². The summed E-state index contributed by atoms with van der Waals surface area (Å²) in [5.41, 5.74) is -6.53. The first-order valence-electron chi connectivity index (χ1n) is 6.18. The van der Waals surface area contributed by atoms with Gasteiger partial charge in [-0.3, -0.25) is 0 Å². The number of halogens is 9. The molecule has 0 spiro atoms. The summed E-state index contributed by atoms with van der Waals surface area (Å²) in [4.78, 5) is 0. The molecule has 0 bridgehead atoms. The van der Waals surface area contributed by atoms with E-state index < -0.39 is 46.3 Å². The molecule has 2 rings (SSSR count). The van der Waals surface area contributed by atoms with Crippen LogP contribution in [0, 0.1) is 6.07 Å². The lowest BCUT2D eigenvalue weighted by molar-refractivity contribution is -0.143. The van der Waals surface area contributed by atoms with Gasteiger partial charge in [0.25, 0.3) is 0 Å². The van der Waals surface area contributed by atoms with Gasteiger partial charge in [-0.1, -0.05) is 12.1 Å². The lowest BCUT2D eigenvalue weighted by atomic mass is 9.95. The first-order chi connectivity index (χ1) is 10.8. The Morgan fingerprint density at radius 3 is 1.58 bits per heavy atom. The molecule has 0 fully saturated rings. The Morgan fingerprint density at radius 1 is 0.667 bits per heavy atom. The largest absolute Gasteiger partial charge is 0.417 e. The summed E-state index contributed by atoms with van der Waals surface area (Å²) in [6.45, 7) is 0. The predicted octanol–water partition coefficient (Wildman–Crippen LogP) is 6.21. The maximum absolute atomic E-state index is 12.9. The van der Waals surface area contributed by atoms with Gasteiger partial charge in [0.1, 0.15) is 0 Å². The molecule has 0 saturated heterocycles. The Bertz CT molecular complexity index is 704. The fraction of sp³-hybridized carbons (Fsp3) is 0.200. The van der Waals surface area contributed by atoms with Crippen molar-refractivity contribution in [2.24, 2.45) is 0 Å². The molecule has 0 unspecified atom stereocenters. The highest BCUT2D eigenvalue weighted by molar-refractivity contribution is 5.69. The van der Waals surface area contributed by atoms with Crippen LogP contribution in [-0.4, -0.2) is 0 Å². The van der Waals surface area contributed by atoms with Crippen molar-refractivity contribution in [1.82, 2.24) is 0 Å². The zero-order valence-corrected chi connectivity index (χ0v) is 11.4. The first-order valence-corrected chi connectivity index (χ1v) is 6.18. The van der Waals surface area contributed by atoms with Crippen molar-refractivity contribution in [3.8, 4) is 11.1 Å². The topological polar surface area (TPSA) is 0 Å². The minimum atomic E-state index is -5.15. The molecule has 9 heteroatoms. The Morgan fingerprint density at radius 2 is 1.17 bits per heavy atom. The second-order valence-electron chi connectivity index (χ2n) is 4.75. The second kappa shape index (κ2) is 5.71. The Hall–Kier alpha value is -2.19. The van der Waals surface area contributed by atoms with E-state index in [0.29, 0.717) is 6.07 Å². The van der Waals surface area contributed by atoms with Gasteiger partial charge in [-0.2, -0.15) is 39.5 Å². The average molecular weight is 357 g/mol. The summed E-state index contributed by atoms with van der Waals surface area (Å²) >= 11 is 0. The fourth-order valence-electron chi connectivity index (χ4n) is 2.01. The summed E-state index contributed by atoms with van der Waals surface area (Å²) in [5.74, 6) is 0. The van der Waals surface area contributed by atoms with Crippen molar-refractivity contribution in [3.63, 3.8) is 0 Å². The van der Waals surface area contributed by atoms with Crippen LogP contribution < -0.4 is 0 Å². The van der Waals surface area contributed by atoms with E-state index in [-0.39, 0.29) is 18.2 Å². The molecule has 24 heavy (non-hydrogen) atoms. The minimum Gasteiger partial charge on any atom is -0.166 e. The molecular weight excluding hydrogens is 351 g/mol. The molecule has 1 radical (unpaired) electrons. The summed E-state index contributed by atoms with van der Waals surface area (Å²) in [6.07, 6.45) is -15.3. The normalized spacial score (nSPS) is 13.2. The number of alkyl halides is 9. The maximum atomic E-state index is 12.9. The maximum Gasteiger partial charge on any atom is 0.417 e. The Balaban J connectivity index is 2.77. The van der Waals surface area contributed by atoms with Gasteiger partial charge in [0, 0.05) is 5.56 Å². The third-order valence-electron chi connectivity index (χ3n) is 3.04. The molecule has 0 aliphatic rings. The molecule has 0 aliphatic heterocycles. The van der Waals surface area contributed by atoms with Gasteiger partial charge in [0.2, 0.25) is 0 Å². The molecule has 0 N–H and O–H groups in total. The van der Waals surface area contributed by atoms with E-state index in [0.717, 1.165) is 12.1 Å². The molecule has 0 amide bonds. The molecule has 0 saturated carbocycles. The zero-order chi connectivity index (χ0) is 18.3. The van der Waals surface area contributed by atoms with E-state index in [1.807, 2.05) is 0 Å². The average Bonchev–Trinajstić information content (AvgIpc) is 2.44. The summed E-state index contributed by atoms with van der Waals surface area (Å²) in [6, 6.07) is 4.83. The van der Waals surface area contributed by atoms with E-state index in [4.69, 9.17) is 0 Å². The van der Waals surface area contributed by atoms with Crippen LogP contribution in [0.3, 0.4) is 0 Å². The van der Waals surface area contributed by atoms with Crippen LogP contribution in [0.15, 0.2) is 36.4 Å². The Labute approximate surface area is 129 Å². The molecule has 0 heterocycles. The van der Waals surface area contributed by atoms with Crippen LogP contribution in [0.5, 0.6) is 0 Å². The fourth-order valence-corrected chi connectivity index (χ4v) is 2.01. The van der Waals surface area contributed by atoms with Gasteiger partial charge in [-0.05, 0) is 35.9 Å². The molecule has 0 aliphatic carbocycles. The van der Waals surface area contributed by atoms with Crippen molar-refractivity contribution < 1.29 is 39.5 Å². The van der Waals surface area contributed by atoms with Crippen molar-refractivity contribution >= 4 is 0 Å². The standard InChI is InChI=1S/C15H6F9/c16-13(17,18)9-5-8(6-10(7-9)14(19,20)21)11-3-1-2-4-12(11)15(22,23)24/h1-2,4-7H. The molecule has 2 aromatic carbocycles. The second-order valence-corrected chi connectivity index (χ2v) is 4.75. The van der Waals surface area contributed by atoms with E-state index in [9.17, 15) is 39.5 Å². The van der Waals surface area contributed by atoms with E-state index in [2.05, 4.69) is 6.07 Å². The van der Waals surface area contributed by atoms with Crippen LogP contribution in [0.25, 0.3) is 11.1 Å². The van der Waals surface area contributed by atoms with Gasteiger partial charge >= 0.3 is 18.5 Å². The summed E-state index contributed by atoms with van der Waals surface area (Å²) < 4.78 is 116. The number of hydrogen-bond donors (Lipinski definition) is 0. The SMILES string of the molecule is FC(F)(F)c1cc(-c2[c]cccc2C(F)(F)F)cc(C(F)(F)F)c1. The molecule has 0 nitrogen and oxygen atoms in total. The lowest BCUT2D eigenvalue weighted by Gasteiger charge is -2.17. The van der Waals surface area contributed by atoms with Gasteiger partial charge in [0.05, 0.1) is 16.7 Å². The summed E-state index contributed by atoms with van der Waals surface area (Å²) in [7, 11) is 0. The van der Waals surface area contributed by atoms with Crippen molar-refractivity contribution in [1.29, 1.82) is 0 Å². The molecule has 129 valence electrons. The first kappa shape index (κ1) is 18.2. The lowest BCUT2D eigenvalue weighted by Crippen LogP contribution is -2.12. The van der Waals surface area contributed by atoms with Crippen molar-refractivity contribution in [2.45, 2.75) is 18.5 Å². The van der Waals surface area contributed by atoms with Crippen LogP contribution in [0.1, 0.15) is 16.7 Å². The van der Waals surface area contributed by atoms with E-state index in [1.54, 1.807) is 0 Å². The molecule has 0 aromatic heterocycles. The highest BCUT2D eigenvalue weighted by Crippen LogP contribution is 2.41. The minimum absolute atomic E-state index is 0.153. The van der Waals surface area contributed by atoms with E-state index >= 15 is 0 Å². The van der Waals surface area contributed by atoms with Crippen LogP contribution in [0.2, 0.25) is 0 Å². The Kier molecular flexibility index (Phi) is 4.32. The molecule has 0 atom stereocenters. The monoisotopic (exact) mass is 357 g/mol. The number of benzene rings is 2. The third-order valence-corrected chi connectivity index (χ3v) is 3.04. The zero-order valence-electron chi connectivity index (χ0n) is 11.4. The molecule has 2 aromatic rings. The van der Waals surface area contributed by atoms with Gasteiger partial charge < -0.3 is 0 Å². The van der Waals surface area contributed by atoms with Gasteiger partial charge in [-0.25, -0.2) is 0 Å². The predicted molar refractivity (Wildman–Crippen MR) is 65.7 cm³/mol. The summed E-state index contributed by atoms with van der Waals surface area (Å²) in [5, 5.41) is 0. The highest BCUT2D eigenvalue weighted by Gasteiger charge is 2.38. The highest BCUT2D eigenvalue weighted by atomic mass is 19.4. The van der Waals surface area contributed by atoms with Crippen LogP contribution in [-0.2, 0) is 18.5 Å². The molecular formula is C15H6F9. The van der Waals surface area contributed by atoms with Crippen LogP contribution >= 0.6 is 0 Å². The number of hydrogen-bond acceptors (Lipinski definition) is 0. The van der Waals surface area contributed by atoms with Crippen molar-refractivity contribution in [2.75, 3.05) is 0 Å². The van der Waals surface area contributed by atoms with Crippen molar-refractivity contribution in [3.05, 3.63) is 59.2 Å². The van der Waals surface area contributed by atoms with E-state index in [1.165, 1.54) is 0 Å². The third kappa shape index (κ3) is 3.82. The van der Waals surface area contributed by atoms with Crippen LogP contribution in [0.4, 0.5) is 39.5 Å². The quantitative estimate of drug-likeness (QED) is 0.532.